The van der Waals surface area contributed by atoms with Crippen LogP contribution in [0.25, 0.3) is 6.08 Å². The number of piperazine rings is 1. The van der Waals surface area contributed by atoms with Gasteiger partial charge >= 0.3 is 12.0 Å². The number of carbonyl (C=O) groups excluding carboxylic acids is 2. The number of hydroxylamine groups is 2. The van der Waals surface area contributed by atoms with E-state index in [1.165, 1.54) is 24.3 Å². The highest BCUT2D eigenvalue weighted by molar-refractivity contribution is 6.30. The lowest BCUT2D eigenvalue weighted by Crippen LogP contribution is -2.48. The van der Waals surface area contributed by atoms with Crippen molar-refractivity contribution >= 4 is 29.7 Å². The number of hydrogen-bond acceptors (Lipinski definition) is 7. The maximum atomic E-state index is 11.8. The van der Waals surface area contributed by atoms with Gasteiger partial charge in [0.2, 0.25) is 0 Å². The number of ether oxygens (including phenoxy) is 2. The average molecular weight is 637 g/mol. The van der Waals surface area contributed by atoms with Crippen molar-refractivity contribution in [2.45, 2.75) is 32.7 Å². The molecular formula is C35H45ClN4O5. The Kier molecular flexibility index (Phi) is 14.4. The Bertz CT molecular complexity index is 1380. The number of nitrogens with zero attached hydrogens (tertiary/aromatic N) is 3. The van der Waals surface area contributed by atoms with Crippen LogP contribution in [-0.4, -0.2) is 85.1 Å². The van der Waals surface area contributed by atoms with Crippen molar-refractivity contribution in [3.05, 3.63) is 106 Å². The first-order valence-electron chi connectivity index (χ1n) is 14.9. The van der Waals surface area contributed by atoms with E-state index in [1.807, 2.05) is 36.4 Å². The molecule has 0 spiro atoms. The summed E-state index contributed by atoms with van der Waals surface area (Å²) in [5, 5.41) is 10.7. The number of esters is 1. The molecule has 3 aromatic carbocycles. The number of amides is 2. The van der Waals surface area contributed by atoms with E-state index in [1.54, 1.807) is 6.08 Å². The second-order valence-electron chi connectivity index (χ2n) is 10.7. The molecule has 3 N–H and O–H groups in total. The van der Waals surface area contributed by atoms with E-state index in [4.69, 9.17) is 26.8 Å². The van der Waals surface area contributed by atoms with Crippen LogP contribution < -0.4 is 10.5 Å². The summed E-state index contributed by atoms with van der Waals surface area (Å²) < 4.78 is 11.0. The van der Waals surface area contributed by atoms with Crippen LogP contribution in [0.4, 0.5) is 4.79 Å². The molecule has 1 heterocycles. The maximum Gasteiger partial charge on any atom is 0.338 e. The molecule has 10 heteroatoms. The minimum atomic E-state index is -0.863. The molecule has 1 aliphatic heterocycles. The smallest absolute Gasteiger partial charge is 0.338 e. The molecule has 1 saturated heterocycles. The highest BCUT2D eigenvalue weighted by Gasteiger charge is 2.26. The fraction of sp³-hybridized carbons (Fsp3) is 0.371. The second kappa shape index (κ2) is 18.2. The van der Waals surface area contributed by atoms with Gasteiger partial charge in [-0.25, -0.2) is 14.7 Å². The van der Waals surface area contributed by atoms with Crippen LogP contribution in [0.3, 0.4) is 0 Å². The molecule has 0 aliphatic carbocycles. The number of benzene rings is 3. The van der Waals surface area contributed by atoms with Crippen molar-refractivity contribution in [3.8, 4) is 5.75 Å². The van der Waals surface area contributed by atoms with Gasteiger partial charge in [0.05, 0.1) is 19.7 Å². The zero-order valence-corrected chi connectivity index (χ0v) is 25.9. The normalized spacial score (nSPS) is 14.5. The van der Waals surface area contributed by atoms with Gasteiger partial charge in [0.15, 0.2) is 0 Å². The monoisotopic (exact) mass is 636 g/mol. The van der Waals surface area contributed by atoms with E-state index in [2.05, 4.69) is 46.2 Å². The van der Waals surface area contributed by atoms with Crippen LogP contribution in [0.1, 0.15) is 48.6 Å². The van der Waals surface area contributed by atoms with Gasteiger partial charge < -0.3 is 15.2 Å². The van der Waals surface area contributed by atoms with E-state index in [9.17, 15) is 14.8 Å². The summed E-state index contributed by atoms with van der Waals surface area (Å²) in [4.78, 5) is 27.7. The summed E-state index contributed by atoms with van der Waals surface area (Å²) in [6.45, 7) is 5.18. The minimum absolute atomic E-state index is 0. The predicted molar refractivity (Wildman–Crippen MR) is 178 cm³/mol. The third kappa shape index (κ3) is 10.9. The van der Waals surface area contributed by atoms with E-state index < -0.39 is 12.0 Å². The topological polar surface area (TPSA) is 109 Å². The van der Waals surface area contributed by atoms with Gasteiger partial charge in [-0.2, -0.15) is 0 Å². The first-order chi connectivity index (χ1) is 21.3. The van der Waals surface area contributed by atoms with E-state index >= 15 is 0 Å². The average Bonchev–Trinajstić information content (AvgIpc) is 3.04. The first-order valence-corrected chi connectivity index (χ1v) is 15.3. The molecule has 0 bridgehead atoms. The Balaban J connectivity index is 0.00000552. The number of primary amides is 1. The molecule has 4 rings (SSSR count). The molecule has 9 nitrogen and oxygen atoms in total. The molecule has 1 fully saturated rings. The number of methoxy groups -OCH3 is 1. The molecule has 2 amide bonds. The molecule has 0 radical (unpaired) electrons. The SMILES string of the molecule is C.COC(=O)/C=C/c1cc(CCCCN(O)C(N)=O)ccc1OCCN1CCN([C@H](c2ccccc2)c2ccc(Cl)cc2)CC1. The van der Waals surface area contributed by atoms with Crippen molar-refractivity contribution in [1.29, 1.82) is 0 Å². The summed E-state index contributed by atoms with van der Waals surface area (Å²) in [6, 6.07) is 23.9. The van der Waals surface area contributed by atoms with Gasteiger partial charge in [0.25, 0.3) is 0 Å². The minimum Gasteiger partial charge on any atom is -0.492 e. The van der Waals surface area contributed by atoms with Crippen LogP contribution in [0, 0.1) is 0 Å². The number of urea groups is 1. The van der Waals surface area contributed by atoms with Gasteiger partial charge in [-0.05, 0) is 66.3 Å². The number of halogens is 1. The standard InChI is InChI=1S/C34H41ClN4O5.CH4/c1-43-32(40)17-13-29-25-26(7-5-6-18-39(42)34(36)41)10-16-31(29)44-24-23-37-19-21-38(22-20-37)33(27-8-3-2-4-9-27)28-11-14-30(35)15-12-28;/h2-4,8-17,25,33,42H,5-7,18-24H2,1H3,(H2,36,41);1H4/b17-13+;/t33-;/m1./s1. The Morgan fingerprint density at radius 1 is 1.00 bits per heavy atom. The molecule has 3 aromatic rings. The van der Waals surface area contributed by atoms with Gasteiger partial charge in [-0.3, -0.25) is 15.0 Å². The summed E-state index contributed by atoms with van der Waals surface area (Å²) in [6.07, 6.45) is 5.16. The van der Waals surface area contributed by atoms with Gasteiger partial charge in [0, 0.05) is 49.4 Å². The number of carbonyl (C=O) groups is 2. The van der Waals surface area contributed by atoms with Crippen LogP contribution in [-0.2, 0) is 16.0 Å². The van der Waals surface area contributed by atoms with Gasteiger partial charge in [-0.1, -0.05) is 67.6 Å². The van der Waals surface area contributed by atoms with E-state index in [-0.39, 0.29) is 20.0 Å². The molecule has 1 atom stereocenters. The molecule has 1 aliphatic rings. The Morgan fingerprint density at radius 2 is 1.69 bits per heavy atom. The van der Waals surface area contributed by atoms with E-state index in [0.717, 1.165) is 61.7 Å². The summed E-state index contributed by atoms with van der Waals surface area (Å²) in [5.41, 5.74) is 9.39. The van der Waals surface area contributed by atoms with Crippen molar-refractivity contribution < 1.29 is 24.3 Å². The number of rotatable bonds is 14. The lowest BCUT2D eigenvalue weighted by molar-refractivity contribution is -0.134. The summed E-state index contributed by atoms with van der Waals surface area (Å²) in [5.74, 6) is 0.246. The first kappa shape index (κ1) is 35.6. The zero-order chi connectivity index (χ0) is 31.3. The number of unbranched alkanes of at least 4 members (excludes halogenated alkanes) is 1. The largest absolute Gasteiger partial charge is 0.492 e. The quantitative estimate of drug-likeness (QED) is 0.0730. The van der Waals surface area contributed by atoms with Crippen LogP contribution in [0.15, 0.2) is 78.9 Å². The van der Waals surface area contributed by atoms with Crippen LogP contribution >= 0.6 is 11.6 Å². The molecular weight excluding hydrogens is 592 g/mol. The predicted octanol–water partition coefficient (Wildman–Crippen LogP) is 6.04. The molecule has 0 unspecified atom stereocenters. The van der Waals surface area contributed by atoms with Gasteiger partial charge in [0.1, 0.15) is 12.4 Å². The third-order valence-corrected chi connectivity index (χ3v) is 8.00. The van der Waals surface area contributed by atoms with Crippen molar-refractivity contribution in [1.82, 2.24) is 14.9 Å². The fourth-order valence-electron chi connectivity index (χ4n) is 5.37. The lowest BCUT2D eigenvalue weighted by Gasteiger charge is -2.39. The Hall–Kier alpha value is -3.89. The lowest BCUT2D eigenvalue weighted by atomic mass is 9.96. The molecule has 0 aromatic heterocycles. The highest BCUT2D eigenvalue weighted by atomic mass is 35.5. The number of aryl methyl sites for hydroxylation is 1. The summed E-state index contributed by atoms with van der Waals surface area (Å²) in [7, 11) is 1.34. The van der Waals surface area contributed by atoms with Crippen molar-refractivity contribution in [3.63, 3.8) is 0 Å². The van der Waals surface area contributed by atoms with Crippen molar-refractivity contribution in [2.24, 2.45) is 5.73 Å². The zero-order valence-electron chi connectivity index (χ0n) is 25.1. The van der Waals surface area contributed by atoms with Gasteiger partial charge in [-0.15, -0.1) is 0 Å². The molecule has 0 saturated carbocycles. The molecule has 242 valence electrons. The molecule has 45 heavy (non-hydrogen) atoms. The number of nitrogens with two attached hydrogens (primary N) is 1. The number of hydrogen-bond donors (Lipinski definition) is 2. The third-order valence-electron chi connectivity index (χ3n) is 7.75. The highest BCUT2D eigenvalue weighted by Crippen LogP contribution is 2.30. The summed E-state index contributed by atoms with van der Waals surface area (Å²) >= 11 is 6.18. The van der Waals surface area contributed by atoms with E-state index in [0.29, 0.717) is 23.8 Å². The fourth-order valence-corrected chi connectivity index (χ4v) is 5.49. The maximum absolute atomic E-state index is 11.8. The Labute approximate surface area is 271 Å². The van der Waals surface area contributed by atoms with Crippen LogP contribution in [0.5, 0.6) is 5.75 Å². The van der Waals surface area contributed by atoms with Crippen LogP contribution in [0.2, 0.25) is 5.02 Å². The second-order valence-corrected chi connectivity index (χ2v) is 11.2. The van der Waals surface area contributed by atoms with Crippen molar-refractivity contribution in [2.75, 3.05) is 53.0 Å². The Morgan fingerprint density at radius 3 is 2.36 bits per heavy atom.